The molecule has 2 unspecified atom stereocenters. The molecule has 2 aliphatic heterocycles. The number of H-pyrrole nitrogens is 1. The number of likely N-dealkylation sites (tertiary alicyclic amines) is 1. The molecular formula is C57H72N11O9S2+. The average Bonchev–Trinajstić information content (AvgIpc) is 4.25. The van der Waals surface area contributed by atoms with Crippen LogP contribution in [0.3, 0.4) is 0 Å². The van der Waals surface area contributed by atoms with E-state index in [1.54, 1.807) is 6.33 Å². The molecule has 0 spiro atoms. The molecule has 420 valence electrons. The van der Waals surface area contributed by atoms with E-state index in [0.29, 0.717) is 45.8 Å². The summed E-state index contributed by atoms with van der Waals surface area (Å²) in [7, 11) is -7.40. The molecule has 2 atom stereocenters. The molecule has 79 heavy (non-hydrogen) atoms. The largest absolute Gasteiger partial charge is 0.456 e. The topological polar surface area (TPSA) is 257 Å². The summed E-state index contributed by atoms with van der Waals surface area (Å²) in [5, 5.41) is 10.4. The Balaban J connectivity index is 1.05. The highest BCUT2D eigenvalue weighted by molar-refractivity contribution is 7.89. The van der Waals surface area contributed by atoms with Gasteiger partial charge in [0.05, 0.1) is 40.6 Å². The number of hydrogen-bond acceptors (Lipinski definition) is 12. The standard InChI is InChI=1S/C57H71N11O9S2/c1-6-67(7-2)43-18-21-46-51(31-43)77-52-32-44(68(8-3)9-4)19-22-47(52)55(46)48-23-20-45(79(74,75)76)33-53(48)78(72,73)61-26-14-13-17-49(63-54(69)30-41-34-58-37-59-41)56(70)64-50(57(71)62-40-24-27-65(5)28-25-40)29-42-36-66(38-60-42)35-39-15-11-10-12-16-39/h10-12,15-16,18-23,31-34,36-38,40,49-50,61H,6-9,13-14,17,24-30,35H2,1-5H3,(H4-,58,59,62,63,64,69,70,71,74,75,76)/p+1. The van der Waals surface area contributed by atoms with Crippen LogP contribution in [0.2, 0.25) is 0 Å². The van der Waals surface area contributed by atoms with Gasteiger partial charge in [0.25, 0.3) is 10.1 Å². The van der Waals surface area contributed by atoms with Gasteiger partial charge in [-0.1, -0.05) is 36.4 Å². The number of anilines is 1. The molecule has 3 amide bonds. The van der Waals surface area contributed by atoms with Gasteiger partial charge in [0.15, 0.2) is 0 Å². The Kier molecular flexibility index (Phi) is 19.2. The number of nitrogens with one attached hydrogen (secondary N) is 5. The van der Waals surface area contributed by atoms with Crippen molar-refractivity contribution >= 4 is 54.5 Å². The van der Waals surface area contributed by atoms with Crippen LogP contribution in [0.4, 0.5) is 5.69 Å². The lowest BCUT2D eigenvalue weighted by atomic mass is 9.93. The Morgan fingerprint density at radius 2 is 1.62 bits per heavy atom. The van der Waals surface area contributed by atoms with Crippen LogP contribution >= 0.6 is 0 Å². The van der Waals surface area contributed by atoms with Crippen molar-refractivity contribution in [1.29, 1.82) is 0 Å². The predicted octanol–water partition coefficient (Wildman–Crippen LogP) is 5.19. The van der Waals surface area contributed by atoms with E-state index in [2.05, 4.69) is 50.0 Å². The molecule has 1 aliphatic carbocycles. The highest BCUT2D eigenvalue weighted by Gasteiger charge is 2.31. The smallest absolute Gasteiger partial charge is 0.294 e. The van der Waals surface area contributed by atoms with Crippen LogP contribution in [-0.4, -0.2) is 135 Å². The van der Waals surface area contributed by atoms with E-state index in [9.17, 15) is 35.8 Å². The molecule has 3 aliphatic rings. The zero-order valence-corrected chi connectivity index (χ0v) is 47.1. The number of rotatable bonds is 25. The fourth-order valence-electron chi connectivity index (χ4n) is 10.2. The molecule has 0 bridgehead atoms. The SMILES string of the molecule is CCN(CC)c1ccc2c(-c3ccc(S(=O)(=O)O)cc3S(=O)(=O)NCCCCC(NC(=O)Cc3cnc[nH]3)C(=O)NC(Cc3cn(Cc4ccccc4)cn3)C(=O)NC3CCN(C)CC3)c3ccc(=[N+](CC)CC)cc-3oc2c1. The number of unbranched alkanes of at least 4 members (excludes halogenated alkanes) is 1. The molecule has 0 radical (unpaired) electrons. The van der Waals surface area contributed by atoms with Gasteiger partial charge in [-0.05, 0) is 116 Å². The molecule has 8 rings (SSSR count). The van der Waals surface area contributed by atoms with Gasteiger partial charge in [0, 0.05) is 96.6 Å². The minimum atomic E-state index is -4.87. The van der Waals surface area contributed by atoms with Crippen LogP contribution in [-0.2, 0) is 53.9 Å². The van der Waals surface area contributed by atoms with Crippen LogP contribution in [0.15, 0.2) is 124 Å². The first-order chi connectivity index (χ1) is 38.0. The molecule has 0 saturated carbocycles. The minimum Gasteiger partial charge on any atom is -0.456 e. The summed E-state index contributed by atoms with van der Waals surface area (Å²) in [5.41, 5.74) is 4.77. The summed E-state index contributed by atoms with van der Waals surface area (Å²) in [4.78, 5) is 56.9. The number of hydrogen-bond donors (Lipinski definition) is 6. The number of aromatic nitrogens is 4. The number of piperidine rings is 1. The number of aromatic amines is 1. The lowest BCUT2D eigenvalue weighted by Gasteiger charge is -2.31. The Labute approximate surface area is 461 Å². The molecule has 1 fully saturated rings. The molecule has 2 aromatic heterocycles. The number of amides is 3. The third kappa shape index (κ3) is 14.7. The van der Waals surface area contributed by atoms with Crippen molar-refractivity contribution in [2.75, 3.05) is 57.8 Å². The Hall–Kier alpha value is -7.24. The summed E-state index contributed by atoms with van der Waals surface area (Å²) in [5.74, 6) is -0.993. The summed E-state index contributed by atoms with van der Waals surface area (Å²) in [6.07, 6.45) is 8.35. The fourth-order valence-corrected chi connectivity index (χ4v) is 12.1. The van der Waals surface area contributed by atoms with Crippen molar-refractivity contribution in [1.82, 2.24) is 49.7 Å². The van der Waals surface area contributed by atoms with E-state index in [0.717, 1.165) is 74.8 Å². The molecule has 3 aromatic carbocycles. The van der Waals surface area contributed by atoms with Gasteiger partial charge >= 0.3 is 0 Å². The van der Waals surface area contributed by atoms with E-state index in [1.165, 1.54) is 24.7 Å². The van der Waals surface area contributed by atoms with Gasteiger partial charge in [-0.15, -0.1) is 0 Å². The second-order valence-corrected chi connectivity index (χ2v) is 23.1. The summed E-state index contributed by atoms with van der Waals surface area (Å²) in [6.45, 7) is 13.1. The first-order valence-corrected chi connectivity index (χ1v) is 29.9. The second-order valence-electron chi connectivity index (χ2n) is 20.0. The Morgan fingerprint density at radius 1 is 0.873 bits per heavy atom. The Bertz CT molecular complexity index is 3490. The van der Waals surface area contributed by atoms with Crippen LogP contribution in [0.5, 0.6) is 0 Å². The van der Waals surface area contributed by atoms with Gasteiger partial charge in [-0.25, -0.2) is 27.7 Å². The third-order valence-corrected chi connectivity index (χ3v) is 16.9. The van der Waals surface area contributed by atoms with E-state index < -0.39 is 53.8 Å². The van der Waals surface area contributed by atoms with Gasteiger partial charge < -0.3 is 39.7 Å². The molecule has 22 heteroatoms. The van der Waals surface area contributed by atoms with Gasteiger partial charge in [-0.3, -0.25) is 18.9 Å². The van der Waals surface area contributed by atoms with Crippen LogP contribution in [0.1, 0.15) is 76.8 Å². The monoisotopic (exact) mass is 1120 g/mol. The van der Waals surface area contributed by atoms with E-state index >= 15 is 0 Å². The highest BCUT2D eigenvalue weighted by Crippen LogP contribution is 2.43. The number of nitrogens with zero attached hydrogens (tertiary/aromatic N) is 6. The zero-order chi connectivity index (χ0) is 56.3. The number of fused-ring (bicyclic) bond motifs is 2. The molecule has 5 aromatic rings. The van der Waals surface area contributed by atoms with Crippen LogP contribution in [0, 0.1) is 0 Å². The molecule has 1 saturated heterocycles. The van der Waals surface area contributed by atoms with Gasteiger partial charge in [0.2, 0.25) is 33.1 Å². The summed E-state index contributed by atoms with van der Waals surface area (Å²) < 4.78 is 78.3. The maximum Gasteiger partial charge on any atom is 0.294 e. The predicted molar refractivity (Wildman–Crippen MR) is 303 cm³/mol. The van der Waals surface area contributed by atoms with Crippen molar-refractivity contribution in [3.63, 3.8) is 0 Å². The quantitative estimate of drug-likeness (QED) is 0.0187. The van der Waals surface area contributed by atoms with Gasteiger partial charge in [-0.2, -0.15) is 8.42 Å². The van der Waals surface area contributed by atoms with E-state index in [4.69, 9.17) is 4.42 Å². The maximum absolute atomic E-state index is 14.7. The number of carbonyl (C=O) groups is 3. The van der Waals surface area contributed by atoms with Crippen molar-refractivity contribution in [2.24, 2.45) is 0 Å². The van der Waals surface area contributed by atoms with Crippen molar-refractivity contribution in [3.05, 3.63) is 132 Å². The van der Waals surface area contributed by atoms with Crippen molar-refractivity contribution < 1.29 is 40.2 Å². The molecule has 20 nitrogen and oxygen atoms in total. The molecule has 6 N–H and O–H groups in total. The lowest BCUT2D eigenvalue weighted by molar-refractivity contribution is -0.132. The number of carbonyl (C=O) groups excluding carboxylic acids is 3. The first-order valence-electron chi connectivity index (χ1n) is 27.0. The average molecular weight is 1120 g/mol. The highest BCUT2D eigenvalue weighted by atomic mass is 32.2. The van der Waals surface area contributed by atoms with Crippen molar-refractivity contribution in [3.8, 4) is 22.5 Å². The second kappa shape index (κ2) is 26.1. The van der Waals surface area contributed by atoms with Crippen molar-refractivity contribution in [2.45, 2.75) is 107 Å². The normalized spacial score (nSPS) is 14.3. The third-order valence-electron chi connectivity index (χ3n) is 14.5. The maximum atomic E-state index is 14.7. The summed E-state index contributed by atoms with van der Waals surface area (Å²) >= 11 is 0. The van der Waals surface area contributed by atoms with Crippen LogP contribution < -0.4 is 35.5 Å². The van der Waals surface area contributed by atoms with E-state index in [-0.39, 0.29) is 56.2 Å². The molecular weight excluding hydrogens is 1050 g/mol. The Morgan fingerprint density at radius 3 is 2.32 bits per heavy atom. The number of benzene rings is 4. The number of sulfonamides is 1. The zero-order valence-electron chi connectivity index (χ0n) is 45.4. The van der Waals surface area contributed by atoms with E-state index in [1.807, 2.05) is 112 Å². The van der Waals surface area contributed by atoms with Gasteiger partial charge in [0.1, 0.15) is 36.5 Å². The summed E-state index contributed by atoms with van der Waals surface area (Å²) in [6, 6.07) is 22.5. The molecule has 4 heterocycles. The lowest BCUT2D eigenvalue weighted by Crippen LogP contribution is -2.56. The minimum absolute atomic E-state index is 0.0528. The fraction of sp³-hybridized carbons (Fsp3) is 0.404. The first kappa shape index (κ1) is 57.9. The number of imidazole rings is 2. The van der Waals surface area contributed by atoms with Crippen LogP contribution in [0.25, 0.3) is 33.4 Å².